The van der Waals surface area contributed by atoms with Gasteiger partial charge in [0.2, 0.25) is 0 Å². The summed E-state index contributed by atoms with van der Waals surface area (Å²) in [5.41, 5.74) is 0. The summed E-state index contributed by atoms with van der Waals surface area (Å²) in [4.78, 5) is 0. The molecule has 0 aromatic heterocycles. The van der Waals surface area contributed by atoms with Gasteiger partial charge in [-0.05, 0) is 24.2 Å². The molecule has 2 aliphatic heterocycles. The van der Waals surface area contributed by atoms with Crippen LogP contribution in [-0.2, 0) is 0 Å². The Labute approximate surface area is 83.3 Å². The van der Waals surface area contributed by atoms with Crippen molar-refractivity contribution in [1.29, 1.82) is 0 Å². The van der Waals surface area contributed by atoms with Crippen LogP contribution in [-0.4, -0.2) is 21.5 Å². The molecule has 0 amide bonds. The lowest BCUT2D eigenvalue weighted by Crippen LogP contribution is -2.31. The molecule has 3 fully saturated rings. The quantitative estimate of drug-likeness (QED) is 0.597. The zero-order valence-corrected chi connectivity index (χ0v) is 9.33. The predicted molar refractivity (Wildman–Crippen MR) is 57.8 cm³/mol. The molecule has 12 heavy (non-hydrogen) atoms. The van der Waals surface area contributed by atoms with E-state index in [0.717, 1.165) is 33.5 Å². The first-order valence-electron chi connectivity index (χ1n) is 5.04. The minimum Gasteiger partial charge on any atom is -0.156 e. The highest BCUT2D eigenvalue weighted by Gasteiger charge is 2.54. The van der Waals surface area contributed by atoms with Crippen LogP contribution in [0.15, 0.2) is 0 Å². The summed E-state index contributed by atoms with van der Waals surface area (Å²) in [6.07, 6.45) is 1.52. The Balaban J connectivity index is 1.75. The monoisotopic (exact) mass is 200 g/mol. The smallest absolute Gasteiger partial charge is 0.0201 e. The van der Waals surface area contributed by atoms with Gasteiger partial charge in [0.1, 0.15) is 0 Å². The van der Waals surface area contributed by atoms with Crippen molar-refractivity contribution in [3.63, 3.8) is 0 Å². The number of thioether (sulfide) groups is 2. The fraction of sp³-hybridized carbons (Fsp3) is 1.00. The Kier molecular flexibility index (Phi) is 1.74. The van der Waals surface area contributed by atoms with Crippen LogP contribution in [0.3, 0.4) is 0 Å². The van der Waals surface area contributed by atoms with Crippen LogP contribution >= 0.6 is 23.5 Å². The lowest BCUT2D eigenvalue weighted by Gasteiger charge is -2.30. The van der Waals surface area contributed by atoms with Crippen molar-refractivity contribution in [3.8, 4) is 0 Å². The Hall–Kier alpha value is 0.700. The predicted octanol–water partition coefficient (Wildman–Crippen LogP) is 2.88. The minimum absolute atomic E-state index is 1.02. The summed E-state index contributed by atoms with van der Waals surface area (Å²) in [7, 11) is 0. The maximum atomic E-state index is 2.49. The third kappa shape index (κ3) is 1.14. The first-order chi connectivity index (χ1) is 5.77. The van der Waals surface area contributed by atoms with Crippen LogP contribution < -0.4 is 0 Å². The van der Waals surface area contributed by atoms with Gasteiger partial charge >= 0.3 is 0 Å². The normalized spacial score (nSPS) is 62.5. The molecule has 0 radical (unpaired) electrons. The molecule has 2 heterocycles. The van der Waals surface area contributed by atoms with Crippen molar-refractivity contribution < 1.29 is 0 Å². The summed E-state index contributed by atoms with van der Waals surface area (Å²) in [6.45, 7) is 4.96. The SMILES string of the molecule is CC1CC(C2CS2)C(C)C2SC12. The number of fused-ring (bicyclic) bond motifs is 1. The summed E-state index contributed by atoms with van der Waals surface area (Å²) < 4.78 is 0. The van der Waals surface area contributed by atoms with E-state index >= 15 is 0 Å². The number of rotatable bonds is 1. The average Bonchev–Trinajstić information content (AvgIpc) is 2.84. The van der Waals surface area contributed by atoms with E-state index in [2.05, 4.69) is 37.4 Å². The first kappa shape index (κ1) is 8.05. The van der Waals surface area contributed by atoms with Crippen LogP contribution in [0.2, 0.25) is 0 Å². The van der Waals surface area contributed by atoms with Crippen LogP contribution in [0, 0.1) is 17.8 Å². The van der Waals surface area contributed by atoms with Gasteiger partial charge in [-0.2, -0.15) is 23.5 Å². The number of hydrogen-bond acceptors (Lipinski definition) is 2. The second kappa shape index (κ2) is 2.60. The van der Waals surface area contributed by atoms with Gasteiger partial charge in [0, 0.05) is 21.5 Å². The molecule has 0 bridgehead atoms. The first-order valence-corrected chi connectivity index (χ1v) is 7.03. The maximum absolute atomic E-state index is 2.49. The second-order valence-electron chi connectivity index (χ2n) is 4.67. The maximum Gasteiger partial charge on any atom is 0.0201 e. The van der Waals surface area contributed by atoms with Gasteiger partial charge in [0.15, 0.2) is 0 Å². The van der Waals surface area contributed by atoms with Crippen LogP contribution in [0.1, 0.15) is 20.3 Å². The van der Waals surface area contributed by atoms with E-state index in [0.29, 0.717) is 0 Å². The van der Waals surface area contributed by atoms with Gasteiger partial charge in [-0.3, -0.25) is 0 Å². The van der Waals surface area contributed by atoms with Crippen molar-refractivity contribution in [1.82, 2.24) is 0 Å². The van der Waals surface area contributed by atoms with Crippen molar-refractivity contribution in [2.24, 2.45) is 17.8 Å². The van der Waals surface area contributed by atoms with E-state index in [1.54, 1.807) is 0 Å². The summed E-state index contributed by atoms with van der Waals surface area (Å²) in [5, 5.41) is 3.17. The van der Waals surface area contributed by atoms with E-state index in [4.69, 9.17) is 0 Å². The van der Waals surface area contributed by atoms with E-state index in [-0.39, 0.29) is 0 Å². The van der Waals surface area contributed by atoms with Gasteiger partial charge in [0.25, 0.3) is 0 Å². The molecule has 6 unspecified atom stereocenters. The molecule has 2 saturated heterocycles. The Bertz CT molecular complexity index is 200. The molecule has 68 valence electrons. The lowest BCUT2D eigenvalue weighted by atomic mass is 9.74. The standard InChI is InChI=1S/C10H16S2/c1-5-3-7(8-4-11-8)6(2)10-9(5)12-10/h5-10H,3-4H2,1-2H3. The van der Waals surface area contributed by atoms with E-state index in [9.17, 15) is 0 Å². The molecular formula is C10H16S2. The zero-order chi connectivity index (χ0) is 8.29. The minimum atomic E-state index is 1.02. The molecule has 0 spiro atoms. The average molecular weight is 200 g/mol. The van der Waals surface area contributed by atoms with Crippen molar-refractivity contribution in [2.45, 2.75) is 36.0 Å². The fourth-order valence-corrected chi connectivity index (χ4v) is 5.41. The highest BCUT2D eigenvalue weighted by atomic mass is 32.2. The molecule has 0 aromatic rings. The largest absolute Gasteiger partial charge is 0.156 e. The number of hydrogen-bond donors (Lipinski definition) is 0. The second-order valence-corrected chi connectivity index (χ2v) is 7.31. The Morgan fingerprint density at radius 3 is 2.58 bits per heavy atom. The van der Waals surface area contributed by atoms with Gasteiger partial charge in [-0.15, -0.1) is 0 Å². The van der Waals surface area contributed by atoms with Gasteiger partial charge in [0.05, 0.1) is 0 Å². The van der Waals surface area contributed by atoms with Crippen LogP contribution in [0.4, 0.5) is 0 Å². The zero-order valence-electron chi connectivity index (χ0n) is 7.69. The summed E-state index contributed by atoms with van der Waals surface area (Å²) in [6, 6.07) is 0. The molecule has 3 rings (SSSR count). The van der Waals surface area contributed by atoms with Crippen molar-refractivity contribution in [3.05, 3.63) is 0 Å². The molecular weight excluding hydrogens is 184 g/mol. The van der Waals surface area contributed by atoms with Gasteiger partial charge < -0.3 is 0 Å². The van der Waals surface area contributed by atoms with Crippen LogP contribution in [0.25, 0.3) is 0 Å². The molecule has 1 saturated carbocycles. The summed E-state index contributed by atoms with van der Waals surface area (Å²) in [5.74, 6) is 4.57. The summed E-state index contributed by atoms with van der Waals surface area (Å²) >= 11 is 4.45. The highest BCUT2D eigenvalue weighted by Crippen LogP contribution is 2.61. The molecule has 6 atom stereocenters. The Morgan fingerprint density at radius 2 is 1.92 bits per heavy atom. The molecule has 3 aliphatic rings. The molecule has 0 nitrogen and oxygen atoms in total. The van der Waals surface area contributed by atoms with E-state index < -0.39 is 0 Å². The highest BCUT2D eigenvalue weighted by molar-refractivity contribution is 8.07. The molecule has 1 aliphatic carbocycles. The van der Waals surface area contributed by atoms with E-state index in [1.807, 2.05) is 0 Å². The van der Waals surface area contributed by atoms with Crippen molar-refractivity contribution in [2.75, 3.05) is 5.75 Å². The molecule has 2 heteroatoms. The molecule has 0 N–H and O–H groups in total. The molecule has 0 aromatic carbocycles. The van der Waals surface area contributed by atoms with E-state index in [1.165, 1.54) is 12.2 Å². The van der Waals surface area contributed by atoms with Crippen molar-refractivity contribution >= 4 is 23.5 Å². The van der Waals surface area contributed by atoms with Crippen LogP contribution in [0.5, 0.6) is 0 Å². The fourth-order valence-electron chi connectivity index (χ4n) is 2.83. The Morgan fingerprint density at radius 1 is 1.17 bits per heavy atom. The third-order valence-electron chi connectivity index (χ3n) is 3.80. The topological polar surface area (TPSA) is 0 Å². The third-order valence-corrected chi connectivity index (χ3v) is 6.66. The van der Waals surface area contributed by atoms with Gasteiger partial charge in [-0.1, -0.05) is 13.8 Å². The van der Waals surface area contributed by atoms with Gasteiger partial charge in [-0.25, -0.2) is 0 Å². The lowest BCUT2D eigenvalue weighted by molar-refractivity contribution is 0.250.